The van der Waals surface area contributed by atoms with E-state index in [0.29, 0.717) is 22.1 Å². The number of nitrogens with zero attached hydrogens (tertiary/aromatic N) is 1. The van der Waals surface area contributed by atoms with Crippen molar-refractivity contribution < 1.29 is 0 Å². The lowest BCUT2D eigenvalue weighted by atomic mass is 10.1. The average Bonchev–Trinajstić information content (AvgIpc) is 2.14. The van der Waals surface area contributed by atoms with Crippen LogP contribution in [0.25, 0.3) is 0 Å². The maximum Gasteiger partial charge on any atom is 0.0413 e. The third kappa shape index (κ3) is 2.12. The third-order valence-electron chi connectivity index (χ3n) is 3.01. The summed E-state index contributed by atoms with van der Waals surface area (Å²) in [5.74, 6) is 0. The minimum absolute atomic E-state index is 0.632. The normalized spacial score (nSPS) is 45.8. The van der Waals surface area contributed by atoms with Crippen LogP contribution in [0.15, 0.2) is 0 Å². The van der Waals surface area contributed by atoms with Gasteiger partial charge in [-0.3, -0.25) is 4.90 Å². The number of hydrogen-bond donors (Lipinski definition) is 1. The molecule has 1 rings (SSSR count). The summed E-state index contributed by atoms with van der Waals surface area (Å²) in [4.78, 5) is 2.47. The molecular formula is C9H19IN2. The van der Waals surface area contributed by atoms with Crippen molar-refractivity contribution in [2.75, 3.05) is 13.6 Å². The molecule has 0 aliphatic carbocycles. The lowest BCUT2D eigenvalue weighted by molar-refractivity contribution is 0.213. The van der Waals surface area contributed by atoms with Crippen LogP contribution in [-0.4, -0.2) is 40.5 Å². The topological polar surface area (TPSA) is 15.3 Å². The van der Waals surface area contributed by atoms with Gasteiger partial charge in [0.15, 0.2) is 0 Å². The van der Waals surface area contributed by atoms with Gasteiger partial charge in [0.1, 0.15) is 0 Å². The predicted molar refractivity (Wildman–Crippen MR) is 62.0 cm³/mol. The Labute approximate surface area is 89.2 Å². The van der Waals surface area contributed by atoms with Crippen LogP contribution in [0.5, 0.6) is 0 Å². The van der Waals surface area contributed by atoms with Crippen LogP contribution in [0, 0.1) is 0 Å². The Morgan fingerprint density at radius 1 is 1.33 bits per heavy atom. The van der Waals surface area contributed by atoms with Gasteiger partial charge in [-0.25, -0.2) is 0 Å². The van der Waals surface area contributed by atoms with Crippen molar-refractivity contribution in [2.45, 2.75) is 42.8 Å². The highest BCUT2D eigenvalue weighted by Gasteiger charge is 2.29. The molecule has 72 valence electrons. The Balaban J connectivity index is 2.68. The lowest BCUT2D eigenvalue weighted by Crippen LogP contribution is -2.42. The number of alkyl halides is 1. The van der Waals surface area contributed by atoms with E-state index in [9.17, 15) is 0 Å². The van der Waals surface area contributed by atoms with E-state index < -0.39 is 0 Å². The largest absolute Gasteiger partial charge is 0.312 e. The maximum absolute atomic E-state index is 3.56. The molecule has 0 bridgehead atoms. The fourth-order valence-corrected chi connectivity index (χ4v) is 2.42. The first-order chi connectivity index (χ1) is 5.54. The van der Waals surface area contributed by atoms with E-state index in [0.717, 1.165) is 6.54 Å². The average molecular weight is 282 g/mol. The summed E-state index contributed by atoms with van der Waals surface area (Å²) in [7, 11) is 2.22. The highest BCUT2D eigenvalue weighted by Crippen LogP contribution is 2.20. The molecule has 1 heterocycles. The Morgan fingerprint density at radius 3 is 2.50 bits per heavy atom. The molecule has 1 aliphatic heterocycles. The van der Waals surface area contributed by atoms with Crippen LogP contribution in [0.1, 0.15) is 20.8 Å². The molecule has 1 fully saturated rings. The molecule has 0 aromatic rings. The predicted octanol–water partition coefficient (Wildman–Crippen LogP) is 1.49. The summed E-state index contributed by atoms with van der Waals surface area (Å²) < 4.78 is 0.706. The molecule has 12 heavy (non-hydrogen) atoms. The van der Waals surface area contributed by atoms with E-state index in [-0.39, 0.29) is 0 Å². The monoisotopic (exact) mass is 282 g/mol. The molecule has 3 heteroatoms. The van der Waals surface area contributed by atoms with Gasteiger partial charge in [-0.1, -0.05) is 22.6 Å². The highest BCUT2D eigenvalue weighted by atomic mass is 127. The van der Waals surface area contributed by atoms with Gasteiger partial charge >= 0.3 is 0 Å². The van der Waals surface area contributed by atoms with Crippen molar-refractivity contribution in [3.05, 3.63) is 0 Å². The summed E-state index contributed by atoms with van der Waals surface area (Å²) in [6, 6.07) is 1.96. The van der Waals surface area contributed by atoms with Crippen molar-refractivity contribution in [2.24, 2.45) is 0 Å². The first-order valence-corrected chi connectivity index (χ1v) is 5.88. The zero-order valence-electron chi connectivity index (χ0n) is 8.34. The van der Waals surface area contributed by atoms with Crippen molar-refractivity contribution in [3.8, 4) is 0 Å². The second-order valence-corrected chi connectivity index (χ2v) is 5.33. The van der Waals surface area contributed by atoms with Gasteiger partial charge < -0.3 is 5.32 Å². The van der Waals surface area contributed by atoms with Gasteiger partial charge in [-0.05, 0) is 27.8 Å². The second kappa shape index (κ2) is 4.24. The van der Waals surface area contributed by atoms with Gasteiger partial charge in [-0.15, -0.1) is 0 Å². The zero-order chi connectivity index (χ0) is 9.30. The molecule has 2 nitrogen and oxygen atoms in total. The molecular weight excluding hydrogens is 263 g/mol. The van der Waals surface area contributed by atoms with E-state index in [1.807, 2.05) is 0 Å². The van der Waals surface area contributed by atoms with Crippen molar-refractivity contribution in [3.63, 3.8) is 0 Å². The highest BCUT2D eigenvalue weighted by molar-refractivity contribution is 14.1. The lowest BCUT2D eigenvalue weighted by Gasteiger charge is -2.30. The summed E-state index contributed by atoms with van der Waals surface area (Å²) in [5, 5.41) is 3.56. The molecule has 0 saturated carbocycles. The first kappa shape index (κ1) is 10.7. The van der Waals surface area contributed by atoms with Crippen LogP contribution in [0.3, 0.4) is 0 Å². The molecule has 0 aromatic carbocycles. The quantitative estimate of drug-likeness (QED) is 0.535. The van der Waals surface area contributed by atoms with E-state index in [1.165, 1.54) is 0 Å². The van der Waals surface area contributed by atoms with Crippen LogP contribution >= 0.6 is 22.6 Å². The first-order valence-electron chi connectivity index (χ1n) is 4.63. The standard InChI is InChI=1S/C9H19IN2/c1-6-5-11-7(2)9(10)8(3)12(6)4/h6-9,11H,5H2,1-4H3. The number of halogens is 1. The summed E-state index contributed by atoms with van der Waals surface area (Å²) in [6.07, 6.45) is 0. The Morgan fingerprint density at radius 2 is 1.92 bits per heavy atom. The molecule has 0 spiro atoms. The molecule has 4 unspecified atom stereocenters. The summed E-state index contributed by atoms with van der Waals surface area (Å²) in [6.45, 7) is 7.99. The fourth-order valence-electron chi connectivity index (χ4n) is 1.66. The molecule has 0 radical (unpaired) electrons. The van der Waals surface area contributed by atoms with Crippen LogP contribution in [0.2, 0.25) is 0 Å². The molecule has 1 saturated heterocycles. The summed E-state index contributed by atoms with van der Waals surface area (Å²) >= 11 is 2.55. The van der Waals surface area contributed by atoms with Crippen LogP contribution in [-0.2, 0) is 0 Å². The fraction of sp³-hybridized carbons (Fsp3) is 1.00. The van der Waals surface area contributed by atoms with E-state index in [4.69, 9.17) is 0 Å². The number of likely N-dealkylation sites (N-methyl/N-ethyl adjacent to an activating group) is 1. The van der Waals surface area contributed by atoms with Gasteiger partial charge in [0.25, 0.3) is 0 Å². The molecule has 0 amide bonds. The maximum atomic E-state index is 3.56. The SMILES string of the molecule is CC1NCC(C)N(C)C(C)C1I. The van der Waals surface area contributed by atoms with Crippen molar-refractivity contribution in [1.82, 2.24) is 10.2 Å². The van der Waals surface area contributed by atoms with Gasteiger partial charge in [0, 0.05) is 28.6 Å². The number of rotatable bonds is 0. The minimum atomic E-state index is 0.632. The van der Waals surface area contributed by atoms with E-state index in [1.54, 1.807) is 0 Å². The third-order valence-corrected chi connectivity index (χ3v) is 5.13. The molecule has 4 atom stereocenters. The van der Waals surface area contributed by atoms with Crippen LogP contribution < -0.4 is 5.32 Å². The Kier molecular flexibility index (Phi) is 3.79. The minimum Gasteiger partial charge on any atom is -0.312 e. The Hall–Kier alpha value is 0.650. The van der Waals surface area contributed by atoms with Crippen molar-refractivity contribution >= 4 is 22.6 Å². The van der Waals surface area contributed by atoms with E-state index >= 15 is 0 Å². The Bertz CT molecular complexity index is 135. The van der Waals surface area contributed by atoms with Crippen LogP contribution in [0.4, 0.5) is 0 Å². The van der Waals surface area contributed by atoms with Crippen molar-refractivity contribution in [1.29, 1.82) is 0 Å². The number of nitrogens with one attached hydrogen (secondary N) is 1. The van der Waals surface area contributed by atoms with Gasteiger partial charge in [0.05, 0.1) is 0 Å². The van der Waals surface area contributed by atoms with Gasteiger partial charge in [-0.2, -0.15) is 0 Å². The number of hydrogen-bond acceptors (Lipinski definition) is 2. The molecule has 1 N–H and O–H groups in total. The molecule has 1 aliphatic rings. The molecule has 0 aromatic heterocycles. The van der Waals surface area contributed by atoms with E-state index in [2.05, 4.69) is 60.6 Å². The van der Waals surface area contributed by atoms with Gasteiger partial charge in [0.2, 0.25) is 0 Å². The summed E-state index contributed by atoms with van der Waals surface area (Å²) in [5.41, 5.74) is 0. The smallest absolute Gasteiger partial charge is 0.0413 e. The zero-order valence-corrected chi connectivity index (χ0v) is 10.5. The second-order valence-electron chi connectivity index (χ2n) is 3.90.